The monoisotopic (exact) mass is 352 g/mol. The fourth-order valence-corrected chi connectivity index (χ4v) is 4.41. The third-order valence-electron chi connectivity index (χ3n) is 4.35. The van der Waals surface area contributed by atoms with Crippen molar-refractivity contribution in [2.24, 2.45) is 0 Å². The van der Waals surface area contributed by atoms with Crippen LogP contribution in [0.4, 0.5) is 14.9 Å². The van der Waals surface area contributed by atoms with Gasteiger partial charge in [0.25, 0.3) is 0 Å². The number of hydrogen-bond acceptors (Lipinski definition) is 2. The highest BCUT2D eigenvalue weighted by Crippen LogP contribution is 2.39. The van der Waals surface area contributed by atoms with E-state index in [9.17, 15) is 9.18 Å². The topological polar surface area (TPSA) is 32.3 Å². The molecule has 0 spiro atoms. The summed E-state index contributed by atoms with van der Waals surface area (Å²) in [5.74, 6) is 0.520. The van der Waals surface area contributed by atoms with Crippen molar-refractivity contribution in [3.63, 3.8) is 0 Å². The zero-order valence-electron chi connectivity index (χ0n) is 13.5. The number of halogens is 1. The second-order valence-electron chi connectivity index (χ2n) is 5.89. The van der Waals surface area contributed by atoms with Crippen LogP contribution in [0.2, 0.25) is 0 Å². The Morgan fingerprint density at radius 1 is 1.04 bits per heavy atom. The predicted octanol–water partition coefficient (Wildman–Crippen LogP) is 5.26. The first-order chi connectivity index (χ1) is 12.2. The van der Waals surface area contributed by atoms with E-state index in [0.717, 1.165) is 22.2 Å². The number of benzene rings is 3. The number of anilines is 1. The maximum absolute atomic E-state index is 14.1. The molecule has 5 heteroatoms. The van der Waals surface area contributed by atoms with Crippen LogP contribution in [0.15, 0.2) is 66.7 Å². The third-order valence-corrected chi connectivity index (χ3v) is 5.60. The van der Waals surface area contributed by atoms with Gasteiger partial charge in [0, 0.05) is 23.2 Å². The van der Waals surface area contributed by atoms with Crippen molar-refractivity contribution >= 4 is 34.3 Å². The van der Waals surface area contributed by atoms with Crippen LogP contribution < -0.4 is 5.32 Å². The van der Waals surface area contributed by atoms with Gasteiger partial charge in [-0.2, -0.15) is 0 Å². The first kappa shape index (κ1) is 16.0. The van der Waals surface area contributed by atoms with Gasteiger partial charge in [-0.1, -0.05) is 54.6 Å². The molecule has 1 N–H and O–H groups in total. The molecule has 3 aromatic rings. The van der Waals surface area contributed by atoms with Gasteiger partial charge in [-0.15, -0.1) is 11.8 Å². The van der Waals surface area contributed by atoms with E-state index in [2.05, 4.69) is 5.32 Å². The number of hydrogen-bond donors (Lipinski definition) is 1. The molecule has 25 heavy (non-hydrogen) atoms. The zero-order chi connectivity index (χ0) is 17.2. The van der Waals surface area contributed by atoms with Crippen LogP contribution in [-0.4, -0.2) is 23.2 Å². The lowest BCUT2D eigenvalue weighted by molar-refractivity contribution is 0.213. The summed E-state index contributed by atoms with van der Waals surface area (Å²) in [5.41, 5.74) is 1.32. The highest BCUT2D eigenvalue weighted by Gasteiger charge is 2.32. The van der Waals surface area contributed by atoms with Crippen LogP contribution in [0.1, 0.15) is 10.9 Å². The minimum atomic E-state index is -0.295. The van der Waals surface area contributed by atoms with Gasteiger partial charge >= 0.3 is 6.03 Å². The van der Waals surface area contributed by atoms with Crippen molar-refractivity contribution in [2.75, 3.05) is 17.6 Å². The van der Waals surface area contributed by atoms with E-state index >= 15 is 0 Å². The van der Waals surface area contributed by atoms with Gasteiger partial charge in [-0.25, -0.2) is 9.18 Å². The molecule has 0 saturated carbocycles. The van der Waals surface area contributed by atoms with Gasteiger partial charge < -0.3 is 10.2 Å². The average molecular weight is 352 g/mol. The zero-order valence-corrected chi connectivity index (χ0v) is 14.3. The van der Waals surface area contributed by atoms with Crippen molar-refractivity contribution < 1.29 is 9.18 Å². The van der Waals surface area contributed by atoms with Crippen molar-refractivity contribution in [2.45, 2.75) is 5.37 Å². The Labute approximate surface area is 149 Å². The molecule has 0 unspecified atom stereocenters. The second-order valence-corrected chi connectivity index (χ2v) is 7.08. The molecular weight excluding hydrogens is 335 g/mol. The Balaban J connectivity index is 1.61. The van der Waals surface area contributed by atoms with Crippen LogP contribution >= 0.6 is 11.8 Å². The number of rotatable bonds is 2. The van der Waals surface area contributed by atoms with E-state index in [1.54, 1.807) is 34.9 Å². The Morgan fingerprint density at radius 3 is 2.68 bits per heavy atom. The summed E-state index contributed by atoms with van der Waals surface area (Å²) in [6.07, 6.45) is 0. The fraction of sp³-hybridized carbons (Fsp3) is 0.150. The molecule has 1 heterocycles. The number of thioether (sulfide) groups is 1. The average Bonchev–Trinajstić information content (AvgIpc) is 3.12. The molecule has 0 radical (unpaired) electrons. The van der Waals surface area contributed by atoms with Gasteiger partial charge in [0.2, 0.25) is 0 Å². The summed E-state index contributed by atoms with van der Waals surface area (Å²) in [6, 6.07) is 20.2. The van der Waals surface area contributed by atoms with E-state index < -0.39 is 0 Å². The summed E-state index contributed by atoms with van der Waals surface area (Å²) in [4.78, 5) is 14.5. The lowest BCUT2D eigenvalue weighted by Crippen LogP contribution is -2.34. The van der Waals surface area contributed by atoms with Crippen LogP contribution in [0.5, 0.6) is 0 Å². The molecular formula is C20H17FN2OS. The van der Waals surface area contributed by atoms with Crippen molar-refractivity contribution in [1.29, 1.82) is 0 Å². The van der Waals surface area contributed by atoms with Crippen molar-refractivity contribution in [1.82, 2.24) is 4.90 Å². The molecule has 1 atom stereocenters. The highest BCUT2D eigenvalue weighted by molar-refractivity contribution is 7.99. The molecule has 3 aromatic carbocycles. The largest absolute Gasteiger partial charge is 0.323 e. The highest BCUT2D eigenvalue weighted by atomic mass is 32.2. The number of amides is 2. The molecule has 0 aliphatic carbocycles. The van der Waals surface area contributed by atoms with Gasteiger partial charge in [0.1, 0.15) is 11.2 Å². The summed E-state index contributed by atoms with van der Waals surface area (Å²) in [6.45, 7) is 0.597. The SMILES string of the molecule is O=C(Nc1cccc2ccccc12)N1CCS[C@@H]1c1ccccc1F. The number of fused-ring (bicyclic) bond motifs is 1. The molecule has 0 aromatic heterocycles. The summed E-state index contributed by atoms with van der Waals surface area (Å²) >= 11 is 1.59. The standard InChI is InChI=1S/C20H17FN2OS/c21-17-10-4-3-9-16(17)19-23(12-13-25-19)20(24)22-18-11-5-7-14-6-1-2-8-15(14)18/h1-11,19H,12-13H2,(H,22,24)/t19-/m1/s1. The predicted molar refractivity (Wildman–Crippen MR) is 101 cm³/mol. The van der Waals surface area contributed by atoms with Crippen LogP contribution in [-0.2, 0) is 0 Å². The molecule has 1 saturated heterocycles. The van der Waals surface area contributed by atoms with E-state index in [4.69, 9.17) is 0 Å². The first-order valence-corrected chi connectivity index (χ1v) is 9.20. The van der Waals surface area contributed by atoms with E-state index in [0.29, 0.717) is 12.1 Å². The maximum atomic E-state index is 14.1. The van der Waals surface area contributed by atoms with Crippen LogP contribution in [0, 0.1) is 5.82 Å². The van der Waals surface area contributed by atoms with E-state index in [-0.39, 0.29) is 17.2 Å². The number of nitrogens with one attached hydrogen (secondary N) is 1. The molecule has 1 aliphatic heterocycles. The first-order valence-electron chi connectivity index (χ1n) is 8.15. The molecule has 0 bridgehead atoms. The Hall–Kier alpha value is -2.53. The Bertz CT molecular complexity index is 925. The number of urea groups is 1. The number of carbonyl (C=O) groups excluding carboxylic acids is 1. The Kier molecular flexibility index (Phi) is 4.32. The van der Waals surface area contributed by atoms with Crippen molar-refractivity contribution in [3.8, 4) is 0 Å². The summed E-state index contributed by atoms with van der Waals surface area (Å²) < 4.78 is 14.1. The van der Waals surface area contributed by atoms with E-state index in [1.165, 1.54) is 6.07 Å². The van der Waals surface area contributed by atoms with Gasteiger partial charge in [0.15, 0.2) is 0 Å². The molecule has 1 aliphatic rings. The lowest BCUT2D eigenvalue weighted by atomic mass is 10.1. The molecule has 4 rings (SSSR count). The van der Waals surface area contributed by atoms with Crippen molar-refractivity contribution in [3.05, 3.63) is 78.1 Å². The third kappa shape index (κ3) is 3.07. The van der Waals surface area contributed by atoms with Crippen LogP contribution in [0.25, 0.3) is 10.8 Å². The van der Waals surface area contributed by atoms with Crippen LogP contribution in [0.3, 0.4) is 0 Å². The van der Waals surface area contributed by atoms with Gasteiger partial charge in [-0.05, 0) is 17.5 Å². The quantitative estimate of drug-likeness (QED) is 0.682. The van der Waals surface area contributed by atoms with Gasteiger partial charge in [0.05, 0.1) is 5.69 Å². The maximum Gasteiger partial charge on any atom is 0.323 e. The smallest absolute Gasteiger partial charge is 0.307 e. The van der Waals surface area contributed by atoms with Gasteiger partial charge in [-0.3, -0.25) is 0 Å². The Morgan fingerprint density at radius 2 is 1.80 bits per heavy atom. The fourth-order valence-electron chi connectivity index (χ4n) is 3.13. The lowest BCUT2D eigenvalue weighted by Gasteiger charge is -2.25. The molecule has 1 fully saturated rings. The number of carbonyl (C=O) groups is 1. The number of nitrogens with zero attached hydrogens (tertiary/aromatic N) is 1. The molecule has 3 nitrogen and oxygen atoms in total. The summed E-state index contributed by atoms with van der Waals surface area (Å²) in [7, 11) is 0. The molecule has 126 valence electrons. The minimum absolute atomic E-state index is 0.199. The van der Waals surface area contributed by atoms with E-state index in [1.807, 2.05) is 42.5 Å². The summed E-state index contributed by atoms with van der Waals surface area (Å²) in [5, 5.41) is 4.77. The molecule has 2 amide bonds. The minimum Gasteiger partial charge on any atom is -0.307 e. The second kappa shape index (κ2) is 6.76. The normalized spacial score (nSPS) is 17.0.